The van der Waals surface area contributed by atoms with Gasteiger partial charge in [-0.2, -0.15) is 5.10 Å². The Balaban J connectivity index is 1.56. The second-order valence-corrected chi connectivity index (χ2v) is 7.28. The van der Waals surface area contributed by atoms with E-state index in [9.17, 15) is 14.4 Å². The number of para-hydroxylation sites is 1. The molecular weight excluding hydrogens is 382 g/mol. The van der Waals surface area contributed by atoms with Crippen molar-refractivity contribution >= 4 is 28.3 Å². The number of aromatic nitrogens is 2. The number of ether oxygens (including phenoxy) is 1. The van der Waals surface area contributed by atoms with Crippen LogP contribution in [0.1, 0.15) is 35.8 Å². The monoisotopic (exact) mass is 405 g/mol. The minimum absolute atomic E-state index is 0.0468. The summed E-state index contributed by atoms with van der Waals surface area (Å²) in [6.45, 7) is 2.54. The molecule has 0 fully saturated rings. The van der Waals surface area contributed by atoms with Crippen molar-refractivity contribution in [3.05, 3.63) is 70.1 Å². The normalized spacial score (nSPS) is 13.2. The van der Waals surface area contributed by atoms with E-state index < -0.39 is 5.97 Å². The molecule has 30 heavy (non-hydrogen) atoms. The molecule has 0 aliphatic carbocycles. The molecule has 0 atom stereocenters. The summed E-state index contributed by atoms with van der Waals surface area (Å²) in [6.07, 6.45) is 2.49. The molecule has 7 nitrogen and oxygen atoms in total. The zero-order valence-electron chi connectivity index (χ0n) is 16.8. The topological polar surface area (TPSA) is 81.5 Å². The molecule has 154 valence electrons. The van der Waals surface area contributed by atoms with Crippen LogP contribution in [0.4, 0.5) is 5.69 Å². The highest BCUT2D eigenvalue weighted by Gasteiger charge is 2.24. The third-order valence-corrected chi connectivity index (χ3v) is 5.23. The number of fused-ring (bicyclic) bond motifs is 2. The van der Waals surface area contributed by atoms with Crippen LogP contribution in [-0.2, 0) is 22.5 Å². The van der Waals surface area contributed by atoms with Gasteiger partial charge in [0.2, 0.25) is 0 Å². The van der Waals surface area contributed by atoms with E-state index in [-0.39, 0.29) is 23.8 Å². The van der Waals surface area contributed by atoms with Gasteiger partial charge >= 0.3 is 5.97 Å². The number of benzene rings is 2. The number of esters is 1. The summed E-state index contributed by atoms with van der Waals surface area (Å²) in [7, 11) is 0. The van der Waals surface area contributed by atoms with Crippen molar-refractivity contribution in [3.8, 4) is 0 Å². The summed E-state index contributed by atoms with van der Waals surface area (Å²) < 4.78 is 6.61. The van der Waals surface area contributed by atoms with Crippen molar-refractivity contribution in [2.75, 3.05) is 18.1 Å². The van der Waals surface area contributed by atoms with Gasteiger partial charge in [-0.25, -0.2) is 9.48 Å². The molecule has 0 unspecified atom stereocenters. The number of nitrogens with zero attached hydrogens (tertiary/aromatic N) is 3. The smallest absolute Gasteiger partial charge is 0.359 e. The van der Waals surface area contributed by atoms with E-state index in [1.807, 2.05) is 31.2 Å². The number of rotatable bonds is 5. The highest BCUT2D eigenvalue weighted by Crippen LogP contribution is 2.26. The predicted octanol–water partition coefficient (Wildman–Crippen LogP) is 2.94. The Kier molecular flexibility index (Phi) is 5.61. The molecule has 0 saturated heterocycles. The maximum atomic E-state index is 12.8. The molecule has 0 saturated carbocycles. The van der Waals surface area contributed by atoms with Gasteiger partial charge in [0.1, 0.15) is 0 Å². The molecule has 2 heterocycles. The fourth-order valence-corrected chi connectivity index (χ4v) is 3.82. The van der Waals surface area contributed by atoms with Crippen molar-refractivity contribution in [2.45, 2.75) is 32.7 Å². The predicted molar refractivity (Wildman–Crippen MR) is 114 cm³/mol. The molecule has 7 heteroatoms. The lowest BCUT2D eigenvalue weighted by Gasteiger charge is -2.29. The third-order valence-electron chi connectivity index (χ3n) is 5.23. The van der Waals surface area contributed by atoms with Crippen LogP contribution in [0.3, 0.4) is 0 Å². The molecule has 1 amide bonds. The molecule has 1 aromatic heterocycles. The summed E-state index contributed by atoms with van der Waals surface area (Å²) in [5, 5.41) is 5.05. The number of hydrogen-bond acceptors (Lipinski definition) is 5. The summed E-state index contributed by atoms with van der Waals surface area (Å²) >= 11 is 0. The lowest BCUT2D eigenvalue weighted by Crippen LogP contribution is -2.38. The van der Waals surface area contributed by atoms with Crippen LogP contribution in [0, 0.1) is 0 Å². The number of carbonyl (C=O) groups excluding carboxylic acids is 2. The van der Waals surface area contributed by atoms with Crippen molar-refractivity contribution in [1.82, 2.24) is 9.78 Å². The van der Waals surface area contributed by atoms with Crippen LogP contribution < -0.4 is 10.5 Å². The summed E-state index contributed by atoms with van der Waals surface area (Å²) in [5.41, 5.74) is 1.78. The molecule has 0 spiro atoms. The van der Waals surface area contributed by atoms with Crippen LogP contribution in [0.2, 0.25) is 0 Å². The van der Waals surface area contributed by atoms with Gasteiger partial charge in [0, 0.05) is 24.2 Å². The first-order valence-corrected chi connectivity index (χ1v) is 10.2. The Morgan fingerprint density at radius 1 is 1.07 bits per heavy atom. The molecule has 0 bridgehead atoms. The Hall–Kier alpha value is -3.48. The van der Waals surface area contributed by atoms with Gasteiger partial charge in [-0.3, -0.25) is 9.59 Å². The second-order valence-electron chi connectivity index (χ2n) is 7.28. The molecule has 1 aliphatic rings. The summed E-state index contributed by atoms with van der Waals surface area (Å²) in [5.74, 6) is -0.989. The van der Waals surface area contributed by atoms with Gasteiger partial charge in [0.05, 0.1) is 5.39 Å². The zero-order chi connectivity index (χ0) is 21.1. The van der Waals surface area contributed by atoms with Crippen molar-refractivity contribution in [1.29, 1.82) is 0 Å². The molecule has 3 aromatic rings. The fraction of sp³-hybridized carbons (Fsp3) is 0.304. The van der Waals surface area contributed by atoms with Crippen LogP contribution in [0.15, 0.2) is 53.3 Å². The number of hydrogen-bond donors (Lipinski definition) is 0. The number of aryl methyl sites for hydroxylation is 2. The molecule has 2 aromatic carbocycles. The Morgan fingerprint density at radius 3 is 2.60 bits per heavy atom. The fourth-order valence-electron chi connectivity index (χ4n) is 3.82. The average molecular weight is 405 g/mol. The van der Waals surface area contributed by atoms with E-state index in [4.69, 9.17) is 4.74 Å². The first kappa shape index (κ1) is 19.8. The Morgan fingerprint density at radius 2 is 1.80 bits per heavy atom. The first-order chi connectivity index (χ1) is 14.6. The third kappa shape index (κ3) is 3.70. The van der Waals surface area contributed by atoms with E-state index in [0.717, 1.165) is 24.1 Å². The standard InChI is InChI=1S/C23H23N3O4/c1-2-13-26-22(28)18-11-5-4-10-17(18)21(24-26)23(29)30-15-20(27)25-14-7-9-16-8-3-6-12-19(16)25/h3-6,8,10-12H,2,7,9,13-15H2,1H3. The largest absolute Gasteiger partial charge is 0.451 e. The second kappa shape index (κ2) is 8.49. The van der Waals surface area contributed by atoms with E-state index in [1.54, 1.807) is 29.2 Å². The molecule has 0 N–H and O–H groups in total. The van der Waals surface area contributed by atoms with E-state index in [0.29, 0.717) is 30.3 Å². The SMILES string of the molecule is CCCn1nc(C(=O)OCC(=O)N2CCCc3ccccc32)c2ccccc2c1=O. The minimum atomic E-state index is -0.713. The van der Waals surface area contributed by atoms with Gasteiger partial charge in [-0.1, -0.05) is 43.3 Å². The van der Waals surface area contributed by atoms with Gasteiger partial charge in [0.25, 0.3) is 11.5 Å². The van der Waals surface area contributed by atoms with Gasteiger partial charge < -0.3 is 9.64 Å². The maximum absolute atomic E-state index is 12.8. The highest BCUT2D eigenvalue weighted by molar-refractivity contribution is 6.03. The summed E-state index contributed by atoms with van der Waals surface area (Å²) in [6, 6.07) is 14.6. The van der Waals surface area contributed by atoms with Gasteiger partial charge in [0.15, 0.2) is 12.3 Å². The highest BCUT2D eigenvalue weighted by atomic mass is 16.5. The molecule has 4 rings (SSSR count). The van der Waals surface area contributed by atoms with E-state index in [2.05, 4.69) is 5.10 Å². The maximum Gasteiger partial charge on any atom is 0.359 e. The van der Waals surface area contributed by atoms with Crippen LogP contribution in [0.25, 0.3) is 10.8 Å². The lowest BCUT2D eigenvalue weighted by molar-refractivity contribution is -0.121. The number of carbonyl (C=O) groups is 2. The van der Waals surface area contributed by atoms with Gasteiger partial charge in [-0.05, 0) is 37.0 Å². The quantitative estimate of drug-likeness (QED) is 0.610. The number of anilines is 1. The molecular formula is C23H23N3O4. The van der Waals surface area contributed by atoms with E-state index >= 15 is 0 Å². The van der Waals surface area contributed by atoms with E-state index in [1.165, 1.54) is 4.68 Å². The zero-order valence-corrected chi connectivity index (χ0v) is 16.8. The Bertz CT molecular complexity index is 1170. The van der Waals surface area contributed by atoms with Gasteiger partial charge in [-0.15, -0.1) is 0 Å². The van der Waals surface area contributed by atoms with Crippen molar-refractivity contribution in [3.63, 3.8) is 0 Å². The van der Waals surface area contributed by atoms with Crippen molar-refractivity contribution < 1.29 is 14.3 Å². The molecule has 0 radical (unpaired) electrons. The first-order valence-electron chi connectivity index (χ1n) is 10.2. The van der Waals surface area contributed by atoms with Crippen LogP contribution in [0.5, 0.6) is 0 Å². The molecule has 1 aliphatic heterocycles. The lowest BCUT2D eigenvalue weighted by atomic mass is 10.0. The van der Waals surface area contributed by atoms with Crippen LogP contribution >= 0.6 is 0 Å². The van der Waals surface area contributed by atoms with Crippen LogP contribution in [-0.4, -0.2) is 34.8 Å². The minimum Gasteiger partial charge on any atom is -0.451 e. The van der Waals surface area contributed by atoms with Crippen molar-refractivity contribution in [2.24, 2.45) is 0 Å². The number of amides is 1. The average Bonchev–Trinajstić information content (AvgIpc) is 2.79. The Labute approximate surface area is 173 Å². The summed E-state index contributed by atoms with van der Waals surface area (Å²) in [4.78, 5) is 39.8.